The van der Waals surface area contributed by atoms with Crippen LogP contribution in [0.15, 0.2) is 30.5 Å². The summed E-state index contributed by atoms with van der Waals surface area (Å²) in [4.78, 5) is 16.3. The van der Waals surface area contributed by atoms with Crippen LogP contribution >= 0.6 is 11.3 Å². The first-order chi connectivity index (χ1) is 8.22. The molecule has 0 radical (unpaired) electrons. The van der Waals surface area contributed by atoms with Crippen LogP contribution in [-0.4, -0.2) is 17.6 Å². The van der Waals surface area contributed by atoms with Gasteiger partial charge in [-0.3, -0.25) is 0 Å². The van der Waals surface area contributed by atoms with Crippen LogP contribution in [0.4, 0.5) is 0 Å². The van der Waals surface area contributed by atoms with Crippen LogP contribution in [0.25, 0.3) is 10.6 Å². The number of carbonyl (C=O) groups is 1. The lowest BCUT2D eigenvalue weighted by Gasteiger charge is -2.00. The van der Waals surface area contributed by atoms with Gasteiger partial charge in [0.2, 0.25) is 0 Å². The van der Waals surface area contributed by atoms with Gasteiger partial charge in [0.25, 0.3) is 0 Å². The van der Waals surface area contributed by atoms with Crippen LogP contribution in [0.3, 0.4) is 0 Å². The third-order valence-corrected chi connectivity index (χ3v) is 3.37. The Labute approximate surface area is 104 Å². The van der Waals surface area contributed by atoms with Crippen LogP contribution in [0, 0.1) is 6.92 Å². The molecular formula is C13H13NO2S. The summed E-state index contributed by atoms with van der Waals surface area (Å²) in [5.41, 5.74) is 2.21. The second-order valence-corrected chi connectivity index (χ2v) is 4.60. The normalized spacial score (nSPS) is 10.2. The number of ether oxygens (including phenoxy) is 1. The van der Waals surface area contributed by atoms with Crippen molar-refractivity contribution < 1.29 is 9.53 Å². The zero-order valence-electron chi connectivity index (χ0n) is 9.77. The molecule has 3 nitrogen and oxygen atoms in total. The minimum Gasteiger partial charge on any atom is -0.462 e. The smallest absolute Gasteiger partial charge is 0.349 e. The maximum atomic E-state index is 11.5. The highest BCUT2D eigenvalue weighted by atomic mass is 32.1. The number of thiazole rings is 1. The van der Waals surface area contributed by atoms with Gasteiger partial charge in [-0.1, -0.05) is 24.3 Å². The zero-order chi connectivity index (χ0) is 12.3. The standard InChI is InChI=1S/C13H13NO2S/c1-3-16-13(15)11-8-14-12(17-11)10-7-5-4-6-9(10)2/h4-8H,3H2,1-2H3. The molecule has 0 aliphatic heterocycles. The third-order valence-electron chi connectivity index (χ3n) is 2.36. The third kappa shape index (κ3) is 2.53. The van der Waals surface area contributed by atoms with Gasteiger partial charge in [0.15, 0.2) is 0 Å². The number of carbonyl (C=O) groups excluding carboxylic acids is 1. The topological polar surface area (TPSA) is 39.2 Å². The highest BCUT2D eigenvalue weighted by Gasteiger charge is 2.13. The molecule has 1 aromatic heterocycles. The molecule has 0 saturated heterocycles. The van der Waals surface area contributed by atoms with E-state index in [2.05, 4.69) is 4.98 Å². The van der Waals surface area contributed by atoms with Crippen molar-refractivity contribution in [1.29, 1.82) is 0 Å². The highest BCUT2D eigenvalue weighted by molar-refractivity contribution is 7.16. The van der Waals surface area contributed by atoms with E-state index in [1.165, 1.54) is 11.3 Å². The van der Waals surface area contributed by atoms with E-state index in [0.717, 1.165) is 16.1 Å². The summed E-state index contributed by atoms with van der Waals surface area (Å²) in [7, 11) is 0. The molecule has 1 aromatic carbocycles. The first kappa shape index (κ1) is 11.8. The van der Waals surface area contributed by atoms with E-state index in [-0.39, 0.29) is 5.97 Å². The maximum Gasteiger partial charge on any atom is 0.349 e. The van der Waals surface area contributed by atoms with Crippen LogP contribution < -0.4 is 0 Å². The molecule has 0 saturated carbocycles. The van der Waals surface area contributed by atoms with Crippen molar-refractivity contribution in [1.82, 2.24) is 4.98 Å². The van der Waals surface area contributed by atoms with Crippen molar-refractivity contribution in [3.63, 3.8) is 0 Å². The summed E-state index contributed by atoms with van der Waals surface area (Å²) >= 11 is 1.36. The monoisotopic (exact) mass is 247 g/mol. The van der Waals surface area contributed by atoms with Crippen LogP contribution in [0.1, 0.15) is 22.2 Å². The molecule has 0 aliphatic rings. The lowest BCUT2D eigenvalue weighted by atomic mass is 10.1. The highest BCUT2D eigenvalue weighted by Crippen LogP contribution is 2.27. The minimum absolute atomic E-state index is 0.301. The maximum absolute atomic E-state index is 11.5. The molecule has 88 valence electrons. The Bertz CT molecular complexity index is 534. The van der Waals surface area contributed by atoms with Gasteiger partial charge >= 0.3 is 5.97 Å². The summed E-state index contributed by atoms with van der Waals surface area (Å²) < 4.78 is 4.94. The number of nitrogens with zero attached hydrogens (tertiary/aromatic N) is 1. The van der Waals surface area contributed by atoms with Crippen molar-refractivity contribution in [3.8, 4) is 10.6 Å². The number of hydrogen-bond donors (Lipinski definition) is 0. The van der Waals surface area contributed by atoms with Gasteiger partial charge in [-0.2, -0.15) is 0 Å². The van der Waals surface area contributed by atoms with Crippen molar-refractivity contribution in [3.05, 3.63) is 40.9 Å². The number of aryl methyl sites for hydroxylation is 1. The molecule has 2 rings (SSSR count). The number of benzene rings is 1. The fourth-order valence-corrected chi connectivity index (χ4v) is 2.41. The summed E-state index contributed by atoms with van der Waals surface area (Å²) in [6.45, 7) is 4.21. The Hall–Kier alpha value is -1.68. The van der Waals surface area contributed by atoms with Gasteiger partial charge in [0, 0.05) is 5.56 Å². The second-order valence-electron chi connectivity index (χ2n) is 3.57. The molecule has 1 heterocycles. The number of aromatic nitrogens is 1. The predicted molar refractivity (Wildman–Crippen MR) is 68.2 cm³/mol. The zero-order valence-corrected chi connectivity index (χ0v) is 10.6. The minimum atomic E-state index is -0.301. The molecule has 0 bridgehead atoms. The predicted octanol–water partition coefficient (Wildman–Crippen LogP) is 3.30. The van der Waals surface area contributed by atoms with Gasteiger partial charge in [-0.05, 0) is 19.4 Å². The van der Waals surface area contributed by atoms with E-state index in [4.69, 9.17) is 4.74 Å². The summed E-state index contributed by atoms with van der Waals surface area (Å²) in [6, 6.07) is 7.98. The molecule has 0 amide bonds. The molecule has 0 N–H and O–H groups in total. The van der Waals surface area contributed by atoms with Gasteiger partial charge < -0.3 is 4.74 Å². The fourth-order valence-electron chi connectivity index (χ4n) is 1.51. The van der Waals surface area contributed by atoms with E-state index in [9.17, 15) is 4.79 Å². The largest absolute Gasteiger partial charge is 0.462 e. The molecule has 4 heteroatoms. The van der Waals surface area contributed by atoms with Crippen molar-refractivity contribution in [2.75, 3.05) is 6.61 Å². The van der Waals surface area contributed by atoms with E-state index < -0.39 is 0 Å². The van der Waals surface area contributed by atoms with E-state index in [1.807, 2.05) is 31.2 Å². The van der Waals surface area contributed by atoms with Crippen LogP contribution in [0.5, 0.6) is 0 Å². The Morgan fingerprint density at radius 1 is 1.41 bits per heavy atom. The SMILES string of the molecule is CCOC(=O)c1cnc(-c2ccccc2C)s1. The van der Waals surface area contributed by atoms with Crippen LogP contribution in [-0.2, 0) is 4.74 Å². The molecule has 0 fully saturated rings. The number of esters is 1. The average molecular weight is 247 g/mol. The number of hydrogen-bond acceptors (Lipinski definition) is 4. The summed E-state index contributed by atoms with van der Waals surface area (Å²) in [5, 5.41) is 0.853. The molecule has 17 heavy (non-hydrogen) atoms. The molecule has 0 unspecified atom stereocenters. The molecule has 2 aromatic rings. The summed E-state index contributed by atoms with van der Waals surface area (Å²) in [5.74, 6) is -0.301. The lowest BCUT2D eigenvalue weighted by molar-refractivity contribution is 0.0532. The van der Waals surface area contributed by atoms with Gasteiger partial charge in [-0.15, -0.1) is 11.3 Å². The van der Waals surface area contributed by atoms with Crippen LogP contribution in [0.2, 0.25) is 0 Å². The molecular weight excluding hydrogens is 234 g/mol. The lowest BCUT2D eigenvalue weighted by Crippen LogP contribution is -2.01. The first-order valence-electron chi connectivity index (χ1n) is 5.41. The van der Waals surface area contributed by atoms with E-state index >= 15 is 0 Å². The quantitative estimate of drug-likeness (QED) is 0.781. The fraction of sp³-hybridized carbons (Fsp3) is 0.231. The van der Waals surface area contributed by atoms with Crippen molar-refractivity contribution in [2.24, 2.45) is 0 Å². The van der Waals surface area contributed by atoms with E-state index in [1.54, 1.807) is 13.1 Å². The van der Waals surface area contributed by atoms with Crippen molar-refractivity contribution in [2.45, 2.75) is 13.8 Å². The van der Waals surface area contributed by atoms with Gasteiger partial charge in [0.05, 0.1) is 12.8 Å². The Kier molecular flexibility index (Phi) is 3.54. The second kappa shape index (κ2) is 5.10. The Balaban J connectivity index is 2.30. The Morgan fingerprint density at radius 3 is 2.88 bits per heavy atom. The number of rotatable bonds is 3. The summed E-state index contributed by atoms with van der Waals surface area (Å²) in [6.07, 6.45) is 1.57. The Morgan fingerprint density at radius 2 is 2.18 bits per heavy atom. The van der Waals surface area contributed by atoms with Gasteiger partial charge in [0.1, 0.15) is 9.88 Å². The molecule has 0 atom stereocenters. The van der Waals surface area contributed by atoms with Crippen molar-refractivity contribution >= 4 is 17.3 Å². The average Bonchev–Trinajstić information content (AvgIpc) is 2.79. The van der Waals surface area contributed by atoms with E-state index in [0.29, 0.717) is 11.5 Å². The molecule has 0 spiro atoms. The van der Waals surface area contributed by atoms with Gasteiger partial charge in [-0.25, -0.2) is 9.78 Å². The molecule has 0 aliphatic carbocycles. The first-order valence-corrected chi connectivity index (χ1v) is 6.23.